The predicted molar refractivity (Wildman–Crippen MR) is 112 cm³/mol. The molecule has 2 aromatic rings. The largest absolute Gasteiger partial charge is 0.356 e. The number of rotatable bonds is 10. The van der Waals surface area contributed by atoms with Crippen molar-refractivity contribution in [2.45, 2.75) is 17.7 Å². The van der Waals surface area contributed by atoms with Gasteiger partial charge >= 0.3 is 0 Å². The molecule has 2 rings (SSSR count). The van der Waals surface area contributed by atoms with Gasteiger partial charge in [0.1, 0.15) is 0 Å². The number of benzene rings is 2. The van der Waals surface area contributed by atoms with Crippen LogP contribution in [0.2, 0.25) is 0 Å². The Morgan fingerprint density at radius 3 is 2.45 bits per heavy atom. The molecular weight excluding hydrogens is 394 g/mol. The summed E-state index contributed by atoms with van der Waals surface area (Å²) in [6.45, 7) is 1.15. The molecule has 0 heterocycles. The van der Waals surface area contributed by atoms with Crippen molar-refractivity contribution in [1.82, 2.24) is 15.4 Å². The lowest BCUT2D eigenvalue weighted by molar-refractivity contribution is -0.385. The molecule has 0 radical (unpaired) electrons. The van der Waals surface area contributed by atoms with Gasteiger partial charge in [-0.3, -0.25) is 15.1 Å². The number of nitro benzene ring substituents is 1. The summed E-state index contributed by atoms with van der Waals surface area (Å²) in [5, 5.41) is 17.0. The summed E-state index contributed by atoms with van der Waals surface area (Å²) in [4.78, 5) is 14.1. The van der Waals surface area contributed by atoms with Crippen molar-refractivity contribution < 1.29 is 13.3 Å². The summed E-state index contributed by atoms with van der Waals surface area (Å²) >= 11 is 0. The number of nitro groups is 1. The fourth-order valence-electron chi connectivity index (χ4n) is 2.58. The fraction of sp³-hybridized carbons (Fsp3) is 0.316. The van der Waals surface area contributed by atoms with Crippen LogP contribution in [-0.2, 0) is 16.4 Å². The third-order valence-electron chi connectivity index (χ3n) is 4.05. The number of non-ortho nitro benzene ring substituents is 1. The van der Waals surface area contributed by atoms with Gasteiger partial charge in [0.05, 0.1) is 9.82 Å². The van der Waals surface area contributed by atoms with Crippen LogP contribution in [0.15, 0.2) is 64.5 Å². The number of hydrogen-bond donors (Lipinski definition) is 3. The Bertz CT molecular complexity index is 933. The number of hydrogen-bond acceptors (Lipinski definition) is 5. The lowest BCUT2D eigenvalue weighted by atomic mass is 10.1. The first kappa shape index (κ1) is 22.3. The number of nitrogens with zero attached hydrogens (tertiary/aromatic N) is 2. The minimum absolute atomic E-state index is 0.107. The molecule has 29 heavy (non-hydrogen) atoms. The van der Waals surface area contributed by atoms with Crippen LogP contribution < -0.4 is 15.4 Å². The van der Waals surface area contributed by atoms with Crippen LogP contribution in [0.5, 0.6) is 0 Å². The molecule has 0 saturated heterocycles. The van der Waals surface area contributed by atoms with Crippen LogP contribution in [0, 0.1) is 10.1 Å². The first-order valence-corrected chi connectivity index (χ1v) is 10.6. The van der Waals surface area contributed by atoms with Crippen molar-refractivity contribution in [3.8, 4) is 0 Å². The molecule has 0 aliphatic rings. The Morgan fingerprint density at radius 2 is 1.76 bits per heavy atom. The van der Waals surface area contributed by atoms with Gasteiger partial charge < -0.3 is 10.6 Å². The van der Waals surface area contributed by atoms with Crippen LogP contribution in [-0.4, -0.2) is 46.0 Å². The summed E-state index contributed by atoms with van der Waals surface area (Å²) < 4.78 is 26.9. The zero-order chi connectivity index (χ0) is 21.1. The molecule has 0 bridgehead atoms. The molecule has 2 aromatic carbocycles. The Hall–Kier alpha value is -2.98. The second kappa shape index (κ2) is 11.1. The molecule has 9 nitrogen and oxygen atoms in total. The van der Waals surface area contributed by atoms with E-state index in [9.17, 15) is 18.5 Å². The molecule has 10 heteroatoms. The van der Waals surface area contributed by atoms with Crippen LogP contribution >= 0.6 is 0 Å². The third-order valence-corrected chi connectivity index (χ3v) is 5.51. The quantitative estimate of drug-likeness (QED) is 0.177. The third kappa shape index (κ3) is 7.51. The minimum Gasteiger partial charge on any atom is -0.356 e. The van der Waals surface area contributed by atoms with E-state index in [1.807, 2.05) is 18.2 Å². The zero-order valence-corrected chi connectivity index (χ0v) is 17.0. The van der Waals surface area contributed by atoms with E-state index in [1.165, 1.54) is 23.8 Å². The smallest absolute Gasteiger partial charge is 0.270 e. The Kier molecular flexibility index (Phi) is 8.56. The number of guanidine groups is 1. The first-order valence-electron chi connectivity index (χ1n) is 9.15. The maximum Gasteiger partial charge on any atom is 0.270 e. The predicted octanol–water partition coefficient (Wildman–Crippen LogP) is 1.67. The van der Waals surface area contributed by atoms with Gasteiger partial charge in [-0.1, -0.05) is 36.4 Å². The van der Waals surface area contributed by atoms with E-state index in [2.05, 4.69) is 32.5 Å². The van der Waals surface area contributed by atoms with Gasteiger partial charge in [-0.2, -0.15) is 0 Å². The van der Waals surface area contributed by atoms with Gasteiger partial charge in [0.25, 0.3) is 5.69 Å². The maximum atomic E-state index is 12.3. The van der Waals surface area contributed by atoms with Crippen LogP contribution in [0.3, 0.4) is 0 Å². The molecule has 0 atom stereocenters. The fourth-order valence-corrected chi connectivity index (χ4v) is 3.65. The van der Waals surface area contributed by atoms with Gasteiger partial charge in [0, 0.05) is 38.8 Å². The minimum atomic E-state index is -3.83. The van der Waals surface area contributed by atoms with Crippen LogP contribution in [0.4, 0.5) is 5.69 Å². The molecule has 0 aliphatic heterocycles. The van der Waals surface area contributed by atoms with E-state index in [0.717, 1.165) is 25.5 Å². The normalized spacial score (nSPS) is 11.8. The van der Waals surface area contributed by atoms with E-state index in [0.29, 0.717) is 12.5 Å². The molecule has 3 N–H and O–H groups in total. The van der Waals surface area contributed by atoms with Crippen molar-refractivity contribution in [2.75, 3.05) is 26.7 Å². The van der Waals surface area contributed by atoms with Crippen molar-refractivity contribution in [2.24, 2.45) is 4.99 Å². The Morgan fingerprint density at radius 1 is 1.03 bits per heavy atom. The van der Waals surface area contributed by atoms with Gasteiger partial charge in [0.15, 0.2) is 5.96 Å². The highest BCUT2D eigenvalue weighted by Crippen LogP contribution is 2.16. The molecule has 0 amide bonds. The summed E-state index contributed by atoms with van der Waals surface area (Å²) in [6, 6.07) is 15.1. The molecule has 0 fully saturated rings. The molecule has 156 valence electrons. The second-order valence-corrected chi connectivity index (χ2v) is 7.93. The SMILES string of the molecule is CN=C(NCCCc1ccccc1)NCCNS(=O)(=O)c1cccc([N+](=O)[O-])c1. The van der Waals surface area contributed by atoms with Crippen LogP contribution in [0.25, 0.3) is 0 Å². The topological polar surface area (TPSA) is 126 Å². The standard InChI is InChI=1S/C19H25N5O4S/c1-20-19(21-12-6-9-16-7-3-2-4-8-16)22-13-14-23-29(27,28)18-11-5-10-17(15-18)24(25)26/h2-5,7-8,10-11,15,23H,6,9,12-14H2,1H3,(H2,20,21,22). The van der Waals surface area contributed by atoms with E-state index in [1.54, 1.807) is 7.05 Å². The molecular formula is C19H25N5O4S. The van der Waals surface area contributed by atoms with E-state index in [-0.39, 0.29) is 17.1 Å². The second-order valence-electron chi connectivity index (χ2n) is 6.17. The van der Waals surface area contributed by atoms with Gasteiger partial charge in [-0.25, -0.2) is 13.1 Å². The molecule has 0 aromatic heterocycles. The molecule has 0 unspecified atom stereocenters. The summed E-state index contributed by atoms with van der Waals surface area (Å²) in [7, 11) is -2.19. The molecule has 0 saturated carbocycles. The van der Waals surface area contributed by atoms with Gasteiger partial charge in [0.2, 0.25) is 10.0 Å². The Balaban J connectivity index is 1.72. The van der Waals surface area contributed by atoms with E-state index >= 15 is 0 Å². The van der Waals surface area contributed by atoms with Crippen molar-refractivity contribution in [3.63, 3.8) is 0 Å². The lowest BCUT2D eigenvalue weighted by Gasteiger charge is -2.12. The van der Waals surface area contributed by atoms with E-state index < -0.39 is 14.9 Å². The average molecular weight is 420 g/mol. The number of sulfonamides is 1. The van der Waals surface area contributed by atoms with Crippen molar-refractivity contribution >= 4 is 21.7 Å². The summed E-state index contributed by atoms with van der Waals surface area (Å²) in [5.41, 5.74) is 0.999. The highest BCUT2D eigenvalue weighted by molar-refractivity contribution is 7.89. The highest BCUT2D eigenvalue weighted by Gasteiger charge is 2.16. The summed E-state index contributed by atoms with van der Waals surface area (Å²) in [5.74, 6) is 0.576. The number of aliphatic imine (C=N–C) groups is 1. The monoisotopic (exact) mass is 419 g/mol. The molecule has 0 aliphatic carbocycles. The average Bonchev–Trinajstić information content (AvgIpc) is 2.73. The van der Waals surface area contributed by atoms with Gasteiger partial charge in [-0.05, 0) is 24.5 Å². The highest BCUT2D eigenvalue weighted by atomic mass is 32.2. The number of aryl methyl sites for hydroxylation is 1. The van der Waals surface area contributed by atoms with Crippen LogP contribution in [0.1, 0.15) is 12.0 Å². The summed E-state index contributed by atoms with van der Waals surface area (Å²) in [6.07, 6.45) is 1.89. The van der Waals surface area contributed by atoms with Crippen molar-refractivity contribution in [1.29, 1.82) is 0 Å². The lowest BCUT2D eigenvalue weighted by Crippen LogP contribution is -2.41. The zero-order valence-electron chi connectivity index (χ0n) is 16.2. The maximum absolute atomic E-state index is 12.3. The Labute approximate surface area is 170 Å². The van der Waals surface area contributed by atoms with Gasteiger partial charge in [-0.15, -0.1) is 0 Å². The van der Waals surface area contributed by atoms with Crippen molar-refractivity contribution in [3.05, 3.63) is 70.3 Å². The van der Waals surface area contributed by atoms with E-state index in [4.69, 9.17) is 0 Å². The first-order chi connectivity index (χ1) is 13.9. The molecule has 0 spiro atoms. The number of nitrogens with one attached hydrogen (secondary N) is 3.